The summed E-state index contributed by atoms with van der Waals surface area (Å²) >= 11 is 9.67. The van der Waals surface area contributed by atoms with Crippen LogP contribution in [0.1, 0.15) is 49.7 Å². The quantitative estimate of drug-likeness (QED) is 0.473. The number of rotatable bonds is 4. The largest absolute Gasteiger partial charge is 0.456 e. The number of aryl methyl sites for hydroxylation is 1. The summed E-state index contributed by atoms with van der Waals surface area (Å²) in [6, 6.07) is 11.0. The van der Waals surface area contributed by atoms with Gasteiger partial charge >= 0.3 is 0 Å². The van der Waals surface area contributed by atoms with Crippen molar-refractivity contribution in [2.45, 2.75) is 44.9 Å². The lowest BCUT2D eigenvalue weighted by Gasteiger charge is -2.41. The maximum atomic E-state index is 13.2. The van der Waals surface area contributed by atoms with Crippen molar-refractivity contribution in [1.29, 1.82) is 0 Å². The summed E-state index contributed by atoms with van der Waals surface area (Å²) in [5, 5.41) is 0.483. The number of Topliss-reactive ketones (excluding diaryl/α,β-unsaturated/α-hetero) is 2. The second-order valence-corrected chi connectivity index (χ2v) is 9.55. The third-order valence-electron chi connectivity index (χ3n) is 6.23. The molecular weight excluding hydrogens is 468 g/mol. The molecule has 1 saturated carbocycles. The highest BCUT2D eigenvalue weighted by atomic mass is 79.9. The minimum atomic E-state index is -0.711. The smallest absolute Gasteiger partial charge is 0.148 e. The molecule has 0 amide bonds. The Kier molecular flexibility index (Phi) is 6.33. The van der Waals surface area contributed by atoms with E-state index in [1.165, 1.54) is 0 Å². The molecule has 0 aromatic heterocycles. The molecule has 1 spiro atoms. The van der Waals surface area contributed by atoms with E-state index in [1.807, 2.05) is 31.2 Å². The maximum absolute atomic E-state index is 13.2. The molecule has 1 aliphatic heterocycles. The maximum Gasteiger partial charge on any atom is 0.148 e. The lowest BCUT2D eigenvalue weighted by Crippen LogP contribution is -2.42. The molecular formula is C24H24BrClO4. The van der Waals surface area contributed by atoms with Crippen molar-refractivity contribution in [3.8, 4) is 11.5 Å². The number of hydrogen-bond acceptors (Lipinski definition) is 4. The zero-order valence-corrected chi connectivity index (χ0v) is 19.2. The fourth-order valence-electron chi connectivity index (χ4n) is 4.60. The summed E-state index contributed by atoms with van der Waals surface area (Å²) in [7, 11) is 0. The van der Waals surface area contributed by atoms with Gasteiger partial charge in [0, 0.05) is 30.5 Å². The van der Waals surface area contributed by atoms with E-state index in [2.05, 4.69) is 15.9 Å². The van der Waals surface area contributed by atoms with Crippen LogP contribution in [0.5, 0.6) is 11.5 Å². The molecule has 2 fully saturated rings. The summed E-state index contributed by atoms with van der Waals surface area (Å²) in [6.45, 7) is 3.29. The average Bonchev–Trinajstić information content (AvgIpc) is 2.70. The van der Waals surface area contributed by atoms with Crippen LogP contribution in [-0.4, -0.2) is 24.8 Å². The molecule has 2 aromatic carbocycles. The van der Waals surface area contributed by atoms with Gasteiger partial charge in [-0.15, -0.1) is 0 Å². The first-order chi connectivity index (χ1) is 14.4. The molecule has 0 unspecified atom stereocenters. The Balaban J connectivity index is 1.63. The van der Waals surface area contributed by atoms with Crippen molar-refractivity contribution in [3.63, 3.8) is 0 Å². The van der Waals surface area contributed by atoms with Crippen molar-refractivity contribution in [3.05, 3.63) is 57.0 Å². The minimum absolute atomic E-state index is 0.0154. The Morgan fingerprint density at radius 1 is 1.10 bits per heavy atom. The van der Waals surface area contributed by atoms with Crippen molar-refractivity contribution in [2.75, 3.05) is 13.2 Å². The fourth-order valence-corrected chi connectivity index (χ4v) is 5.31. The number of halogens is 2. The molecule has 4 rings (SSSR count). The lowest BCUT2D eigenvalue weighted by atomic mass is 9.63. The SMILES string of the molecule is CCc1ccc(Oc2ccc(Br)cc2Cl)cc1C1C(=O)CC2(CCOCC2)CC1=O. The molecule has 0 bridgehead atoms. The summed E-state index contributed by atoms with van der Waals surface area (Å²) in [4.78, 5) is 26.4. The van der Waals surface area contributed by atoms with Crippen LogP contribution in [0, 0.1) is 5.41 Å². The molecule has 0 N–H and O–H groups in total. The van der Waals surface area contributed by atoms with Crippen LogP contribution in [0.25, 0.3) is 0 Å². The van der Waals surface area contributed by atoms with Crippen LogP contribution >= 0.6 is 27.5 Å². The van der Waals surface area contributed by atoms with E-state index >= 15 is 0 Å². The number of carbonyl (C=O) groups excluding carboxylic acids is 2. The molecule has 1 heterocycles. The predicted octanol–water partition coefficient (Wildman–Crippen LogP) is 6.27. The Bertz CT molecular complexity index is 961. The van der Waals surface area contributed by atoms with Gasteiger partial charge in [-0.05, 0) is 66.1 Å². The van der Waals surface area contributed by atoms with Gasteiger partial charge in [0.1, 0.15) is 29.0 Å². The molecule has 4 nitrogen and oxygen atoms in total. The van der Waals surface area contributed by atoms with Crippen molar-refractivity contribution < 1.29 is 19.1 Å². The van der Waals surface area contributed by atoms with Gasteiger partial charge in [0.2, 0.25) is 0 Å². The van der Waals surface area contributed by atoms with Gasteiger partial charge in [-0.1, -0.05) is 40.5 Å². The number of ether oxygens (including phenoxy) is 2. The molecule has 2 aliphatic rings. The van der Waals surface area contributed by atoms with E-state index < -0.39 is 5.92 Å². The number of benzene rings is 2. The van der Waals surface area contributed by atoms with Gasteiger partial charge in [-0.25, -0.2) is 0 Å². The molecule has 158 valence electrons. The van der Waals surface area contributed by atoms with E-state index in [1.54, 1.807) is 12.1 Å². The zero-order valence-electron chi connectivity index (χ0n) is 16.9. The predicted molar refractivity (Wildman–Crippen MR) is 120 cm³/mol. The highest BCUT2D eigenvalue weighted by molar-refractivity contribution is 9.10. The molecule has 0 atom stereocenters. The van der Waals surface area contributed by atoms with Crippen LogP contribution in [0.2, 0.25) is 5.02 Å². The van der Waals surface area contributed by atoms with Gasteiger partial charge in [0.25, 0.3) is 0 Å². The molecule has 1 aliphatic carbocycles. The van der Waals surface area contributed by atoms with E-state index in [0.717, 1.165) is 34.9 Å². The molecule has 30 heavy (non-hydrogen) atoms. The summed E-state index contributed by atoms with van der Waals surface area (Å²) in [5.74, 6) is 0.414. The Morgan fingerprint density at radius 3 is 2.43 bits per heavy atom. The Morgan fingerprint density at radius 2 is 1.80 bits per heavy atom. The van der Waals surface area contributed by atoms with Crippen LogP contribution in [-0.2, 0) is 20.7 Å². The van der Waals surface area contributed by atoms with E-state index in [9.17, 15) is 9.59 Å². The summed E-state index contributed by atoms with van der Waals surface area (Å²) in [5.41, 5.74) is 1.55. The van der Waals surface area contributed by atoms with Gasteiger partial charge in [-0.2, -0.15) is 0 Å². The lowest BCUT2D eigenvalue weighted by molar-refractivity contribution is -0.139. The van der Waals surface area contributed by atoms with Gasteiger partial charge in [0.05, 0.1) is 5.02 Å². The van der Waals surface area contributed by atoms with Gasteiger partial charge < -0.3 is 9.47 Å². The highest BCUT2D eigenvalue weighted by Gasteiger charge is 2.46. The van der Waals surface area contributed by atoms with Crippen LogP contribution in [0.15, 0.2) is 40.9 Å². The first-order valence-corrected chi connectivity index (χ1v) is 11.5. The first-order valence-electron chi connectivity index (χ1n) is 10.3. The Labute approximate surface area is 190 Å². The second-order valence-electron chi connectivity index (χ2n) is 8.22. The zero-order chi connectivity index (χ0) is 21.3. The van der Waals surface area contributed by atoms with Crippen LogP contribution in [0.4, 0.5) is 0 Å². The highest BCUT2D eigenvalue weighted by Crippen LogP contribution is 2.46. The Hall–Kier alpha value is -1.69. The van der Waals surface area contributed by atoms with E-state index in [0.29, 0.717) is 42.6 Å². The first kappa shape index (κ1) is 21.5. The van der Waals surface area contributed by atoms with E-state index in [4.69, 9.17) is 21.1 Å². The normalized spacial score (nSPS) is 19.3. The standard InChI is InChI=1S/C24H24BrClO4/c1-2-15-3-5-17(30-22-6-4-16(25)11-19(22)26)12-18(15)23-20(27)13-24(14-21(23)28)7-9-29-10-8-24/h3-6,11-12,23H,2,7-10,13-14H2,1H3. The van der Waals surface area contributed by atoms with Crippen molar-refractivity contribution >= 4 is 39.1 Å². The number of carbonyl (C=O) groups is 2. The third-order valence-corrected chi connectivity index (χ3v) is 7.02. The molecule has 2 aromatic rings. The van der Waals surface area contributed by atoms with Gasteiger partial charge in [0.15, 0.2) is 0 Å². The van der Waals surface area contributed by atoms with Crippen LogP contribution in [0.3, 0.4) is 0 Å². The number of ketones is 2. The van der Waals surface area contributed by atoms with Gasteiger partial charge in [-0.3, -0.25) is 9.59 Å². The topological polar surface area (TPSA) is 52.6 Å². The molecule has 6 heteroatoms. The van der Waals surface area contributed by atoms with E-state index in [-0.39, 0.29) is 17.0 Å². The molecule has 0 radical (unpaired) electrons. The minimum Gasteiger partial charge on any atom is -0.456 e. The average molecular weight is 492 g/mol. The van der Waals surface area contributed by atoms with Crippen LogP contribution < -0.4 is 4.74 Å². The number of hydrogen-bond donors (Lipinski definition) is 0. The second kappa shape index (κ2) is 8.81. The monoisotopic (exact) mass is 490 g/mol. The van der Waals surface area contributed by atoms with Crippen molar-refractivity contribution in [1.82, 2.24) is 0 Å². The van der Waals surface area contributed by atoms with Crippen molar-refractivity contribution in [2.24, 2.45) is 5.41 Å². The summed E-state index contributed by atoms with van der Waals surface area (Å²) in [6.07, 6.45) is 3.19. The summed E-state index contributed by atoms with van der Waals surface area (Å²) < 4.78 is 12.3. The molecule has 1 saturated heterocycles. The fraction of sp³-hybridized carbons (Fsp3) is 0.417. The third kappa shape index (κ3) is 4.34.